The molecule has 0 N–H and O–H groups in total. The van der Waals surface area contributed by atoms with Gasteiger partial charge in [-0.15, -0.1) is 0 Å². The molecule has 0 fully saturated rings. The summed E-state index contributed by atoms with van der Waals surface area (Å²) < 4.78 is 0. The number of hydrogen-bond acceptors (Lipinski definition) is 1. The van der Waals surface area contributed by atoms with E-state index in [0.29, 0.717) is 0 Å². The second kappa shape index (κ2) is 4.07. The molecule has 0 unspecified atom stereocenters. The summed E-state index contributed by atoms with van der Waals surface area (Å²) in [7, 11) is 0. The summed E-state index contributed by atoms with van der Waals surface area (Å²) in [5, 5.41) is -0.434. The maximum Gasteiger partial charge on any atom is 0.245 e. The summed E-state index contributed by atoms with van der Waals surface area (Å²) in [6, 6.07) is 9.65. The van der Waals surface area contributed by atoms with Crippen LogP contribution in [-0.4, -0.2) is 5.24 Å². The van der Waals surface area contributed by atoms with Gasteiger partial charge in [-0.25, -0.2) is 0 Å². The molecule has 0 heterocycles. The molecule has 1 aromatic carbocycles. The maximum atomic E-state index is 10.5. The topological polar surface area (TPSA) is 17.1 Å². The zero-order chi connectivity index (χ0) is 8.97. The number of rotatable bonds is 2. The van der Waals surface area contributed by atoms with Crippen LogP contribution in [0.5, 0.6) is 0 Å². The zero-order valence-electron chi connectivity index (χ0n) is 6.75. The predicted octanol–water partition coefficient (Wildman–Crippen LogP) is 2.86. The van der Waals surface area contributed by atoms with Crippen LogP contribution < -0.4 is 0 Å². The van der Waals surface area contributed by atoms with Gasteiger partial charge in [0.2, 0.25) is 5.24 Å². The van der Waals surface area contributed by atoms with Crippen LogP contribution in [0.3, 0.4) is 0 Å². The van der Waals surface area contributed by atoms with Crippen LogP contribution in [0.4, 0.5) is 0 Å². The summed E-state index contributed by atoms with van der Waals surface area (Å²) in [6.45, 7) is 1.86. The molecule has 2 heteroatoms. The van der Waals surface area contributed by atoms with E-state index in [1.807, 2.05) is 37.3 Å². The van der Waals surface area contributed by atoms with Gasteiger partial charge in [-0.2, -0.15) is 0 Å². The highest BCUT2D eigenvalue weighted by Crippen LogP contribution is 2.12. The van der Waals surface area contributed by atoms with Crippen molar-refractivity contribution in [2.75, 3.05) is 0 Å². The van der Waals surface area contributed by atoms with E-state index in [-0.39, 0.29) is 0 Å². The summed E-state index contributed by atoms with van der Waals surface area (Å²) in [5.41, 5.74) is 1.90. The second-order valence-corrected chi connectivity index (χ2v) is 2.87. The van der Waals surface area contributed by atoms with E-state index in [4.69, 9.17) is 11.6 Å². The summed E-state index contributed by atoms with van der Waals surface area (Å²) in [6.07, 6.45) is 1.41. The monoisotopic (exact) mass is 180 g/mol. The Balaban J connectivity index is 2.93. The van der Waals surface area contributed by atoms with Crippen LogP contribution >= 0.6 is 11.6 Å². The highest BCUT2D eigenvalue weighted by Gasteiger charge is 1.95. The van der Waals surface area contributed by atoms with Crippen LogP contribution in [0, 0.1) is 0 Å². The number of halogens is 1. The normalized spacial score (nSPS) is 11.3. The quantitative estimate of drug-likeness (QED) is 0.505. The third kappa shape index (κ3) is 2.51. The molecule has 0 radical (unpaired) electrons. The minimum Gasteiger partial charge on any atom is -0.276 e. The first-order valence-electron chi connectivity index (χ1n) is 3.63. The Morgan fingerprint density at radius 2 is 1.92 bits per heavy atom. The number of carbonyl (C=O) groups excluding carboxylic acids is 1. The van der Waals surface area contributed by atoms with Gasteiger partial charge in [0.05, 0.1) is 0 Å². The minimum absolute atomic E-state index is 0.434. The van der Waals surface area contributed by atoms with Crippen molar-refractivity contribution in [2.45, 2.75) is 6.92 Å². The van der Waals surface area contributed by atoms with Crippen LogP contribution in [-0.2, 0) is 4.79 Å². The van der Waals surface area contributed by atoms with Crippen molar-refractivity contribution in [1.82, 2.24) is 0 Å². The Labute approximate surface area is 76.7 Å². The molecule has 62 valence electrons. The van der Waals surface area contributed by atoms with Gasteiger partial charge in [0, 0.05) is 6.08 Å². The van der Waals surface area contributed by atoms with Crippen molar-refractivity contribution in [3.05, 3.63) is 42.0 Å². The van der Waals surface area contributed by atoms with Crippen molar-refractivity contribution in [3.63, 3.8) is 0 Å². The maximum absolute atomic E-state index is 10.5. The highest BCUT2D eigenvalue weighted by molar-refractivity contribution is 6.66. The third-order valence-electron chi connectivity index (χ3n) is 1.56. The van der Waals surface area contributed by atoms with Crippen LogP contribution in [0.25, 0.3) is 5.57 Å². The molecule has 0 saturated heterocycles. The van der Waals surface area contributed by atoms with Crippen LogP contribution in [0.15, 0.2) is 36.4 Å². The minimum atomic E-state index is -0.434. The van der Waals surface area contributed by atoms with Crippen molar-refractivity contribution in [2.24, 2.45) is 0 Å². The molecule has 0 bridgehead atoms. The van der Waals surface area contributed by atoms with E-state index in [1.54, 1.807) is 0 Å². The van der Waals surface area contributed by atoms with E-state index in [9.17, 15) is 4.79 Å². The molecule has 12 heavy (non-hydrogen) atoms. The van der Waals surface area contributed by atoms with E-state index >= 15 is 0 Å². The molecule has 1 aromatic rings. The standard InChI is InChI=1S/C10H9ClO/c1-8(7-10(11)12)9-5-3-2-4-6-9/h2-7H,1H3. The Morgan fingerprint density at radius 3 is 2.42 bits per heavy atom. The fourth-order valence-electron chi connectivity index (χ4n) is 0.955. The molecule has 0 saturated carbocycles. The first-order valence-corrected chi connectivity index (χ1v) is 4.01. The lowest BCUT2D eigenvalue weighted by Crippen LogP contribution is -1.82. The lowest BCUT2D eigenvalue weighted by atomic mass is 10.1. The van der Waals surface area contributed by atoms with Gasteiger partial charge in [-0.1, -0.05) is 30.3 Å². The Bertz CT molecular complexity index is 301. The number of benzene rings is 1. The Hall–Kier alpha value is -1.08. The number of carbonyl (C=O) groups is 1. The van der Waals surface area contributed by atoms with Crippen molar-refractivity contribution < 1.29 is 4.79 Å². The Morgan fingerprint density at radius 1 is 1.33 bits per heavy atom. The second-order valence-electron chi connectivity index (χ2n) is 2.50. The molecule has 0 atom stereocenters. The molecule has 1 rings (SSSR count). The molecular weight excluding hydrogens is 172 g/mol. The molecule has 0 aliphatic heterocycles. The van der Waals surface area contributed by atoms with Gasteiger partial charge < -0.3 is 0 Å². The lowest BCUT2D eigenvalue weighted by molar-refractivity contribution is -0.107. The highest BCUT2D eigenvalue weighted by atomic mass is 35.5. The largest absolute Gasteiger partial charge is 0.276 e. The van der Waals surface area contributed by atoms with Gasteiger partial charge >= 0.3 is 0 Å². The average Bonchev–Trinajstić information content (AvgIpc) is 2.05. The van der Waals surface area contributed by atoms with Crippen LogP contribution in [0.2, 0.25) is 0 Å². The van der Waals surface area contributed by atoms with Crippen molar-refractivity contribution in [1.29, 1.82) is 0 Å². The predicted molar refractivity (Wildman–Crippen MR) is 51.0 cm³/mol. The molecule has 0 aliphatic carbocycles. The molecule has 0 aliphatic rings. The van der Waals surface area contributed by atoms with E-state index in [2.05, 4.69) is 0 Å². The number of hydrogen-bond donors (Lipinski definition) is 0. The third-order valence-corrected chi connectivity index (χ3v) is 1.67. The summed E-state index contributed by atoms with van der Waals surface area (Å²) in [4.78, 5) is 10.5. The molecule has 0 aromatic heterocycles. The Kier molecular flexibility index (Phi) is 3.06. The SMILES string of the molecule is CC(=CC(=O)Cl)c1ccccc1. The van der Waals surface area contributed by atoms with Crippen LogP contribution in [0.1, 0.15) is 12.5 Å². The fraction of sp³-hybridized carbons (Fsp3) is 0.100. The van der Waals surface area contributed by atoms with E-state index in [0.717, 1.165) is 11.1 Å². The first kappa shape index (κ1) is 9.01. The van der Waals surface area contributed by atoms with Gasteiger partial charge in [-0.3, -0.25) is 4.79 Å². The molecule has 0 amide bonds. The lowest BCUT2D eigenvalue weighted by Gasteiger charge is -1.97. The zero-order valence-corrected chi connectivity index (χ0v) is 7.51. The summed E-state index contributed by atoms with van der Waals surface area (Å²) in [5.74, 6) is 0. The van der Waals surface area contributed by atoms with Gasteiger partial charge in [-0.05, 0) is 29.7 Å². The molecular formula is C10H9ClO. The fourth-order valence-corrected chi connectivity index (χ4v) is 1.12. The molecule has 1 nitrogen and oxygen atoms in total. The number of allylic oxidation sites excluding steroid dienone is 2. The summed E-state index contributed by atoms with van der Waals surface area (Å²) >= 11 is 5.21. The van der Waals surface area contributed by atoms with E-state index < -0.39 is 5.24 Å². The average molecular weight is 181 g/mol. The smallest absolute Gasteiger partial charge is 0.245 e. The van der Waals surface area contributed by atoms with Gasteiger partial charge in [0.15, 0.2) is 0 Å². The van der Waals surface area contributed by atoms with E-state index in [1.165, 1.54) is 6.08 Å². The van der Waals surface area contributed by atoms with Crippen molar-refractivity contribution in [3.8, 4) is 0 Å². The van der Waals surface area contributed by atoms with Gasteiger partial charge in [0.1, 0.15) is 0 Å². The van der Waals surface area contributed by atoms with Crippen molar-refractivity contribution >= 4 is 22.4 Å². The first-order chi connectivity index (χ1) is 5.70. The van der Waals surface area contributed by atoms with Gasteiger partial charge in [0.25, 0.3) is 0 Å². The molecule has 0 spiro atoms.